The number of carbonyl (C=O) groups is 1. The van der Waals surface area contributed by atoms with Gasteiger partial charge in [0.25, 0.3) is 0 Å². The average molecular weight is 530 g/mol. The summed E-state index contributed by atoms with van der Waals surface area (Å²) in [4.78, 5) is 16.2. The first-order valence-corrected chi connectivity index (χ1v) is 12.5. The molecule has 0 heterocycles. The van der Waals surface area contributed by atoms with E-state index in [1.54, 1.807) is 20.8 Å². The number of ketones is 1. The van der Waals surface area contributed by atoms with Gasteiger partial charge in [-0.15, -0.1) is 12.4 Å². The van der Waals surface area contributed by atoms with E-state index < -0.39 is 20.6 Å². The van der Waals surface area contributed by atoms with Crippen molar-refractivity contribution < 1.29 is 42.0 Å². The summed E-state index contributed by atoms with van der Waals surface area (Å²) in [5.41, 5.74) is -0.0906. The minimum Gasteiger partial charge on any atom is -0.693 e. The summed E-state index contributed by atoms with van der Waals surface area (Å²) in [6.07, 6.45) is -0.0269. The van der Waals surface area contributed by atoms with Crippen molar-refractivity contribution in [3.8, 4) is 0 Å². The van der Waals surface area contributed by atoms with Crippen molar-refractivity contribution in [1.82, 2.24) is 0 Å². The fourth-order valence-corrected chi connectivity index (χ4v) is 4.06. The third kappa shape index (κ3) is 18.1. The number of nitrogens with two attached hydrogens (primary N) is 1. The molecule has 0 fully saturated rings. The van der Waals surface area contributed by atoms with Crippen molar-refractivity contribution in [1.29, 1.82) is 0 Å². The number of oxime groups is 1. The molecule has 0 radical (unpaired) electrons. The van der Waals surface area contributed by atoms with Crippen LogP contribution in [0.15, 0.2) is 5.16 Å². The van der Waals surface area contributed by atoms with E-state index in [4.69, 9.17) is 19.0 Å². The number of hydrogen-bond acceptors (Lipinski definition) is 10. The van der Waals surface area contributed by atoms with Crippen molar-refractivity contribution in [2.45, 2.75) is 41.5 Å². The first-order valence-electron chi connectivity index (χ1n) is 9.03. The molecule has 0 aromatic carbocycles. The van der Waals surface area contributed by atoms with E-state index in [0.717, 1.165) is 7.11 Å². The second kappa shape index (κ2) is 19.0. The normalized spacial score (nSPS) is 12.1. The average Bonchev–Trinajstić information content (AvgIpc) is 2.68. The standard InChI is InChI=1S/C9H20NO4P.C8H17O4P.CH4O.ClH.H2N/c1-9(2,3)8(10-12-4)7-15(11,13-5)14-6;1-8(2,3)7(9)6-13(10,11-4)12-5;1-2;;/h7H2,1-6H3;6H2,1-5H3;2H,1H3;1H;1H2/q;;;;-1/b10-8+;;;;. The minimum absolute atomic E-state index is 0. The van der Waals surface area contributed by atoms with Gasteiger partial charge in [-0.3, -0.25) is 13.9 Å². The van der Waals surface area contributed by atoms with Gasteiger partial charge >= 0.3 is 15.2 Å². The Morgan fingerprint density at radius 2 is 1.06 bits per heavy atom. The van der Waals surface area contributed by atoms with Gasteiger partial charge in [0.2, 0.25) is 0 Å². The Labute approximate surface area is 200 Å². The third-order valence-corrected chi connectivity index (χ3v) is 7.28. The van der Waals surface area contributed by atoms with Gasteiger partial charge in [-0.05, 0) is 0 Å². The van der Waals surface area contributed by atoms with Crippen molar-refractivity contribution in [2.75, 3.05) is 55.0 Å². The number of hydrogen-bond donors (Lipinski definition) is 1. The van der Waals surface area contributed by atoms with E-state index in [2.05, 4.69) is 14.2 Å². The molecule has 0 unspecified atom stereocenters. The predicted octanol–water partition coefficient (Wildman–Crippen LogP) is 5.36. The van der Waals surface area contributed by atoms with Crippen LogP contribution >= 0.6 is 27.6 Å². The fraction of sp³-hybridized carbons (Fsp3) is 0.889. The number of rotatable bonds is 9. The largest absolute Gasteiger partial charge is 0.693 e. The highest BCUT2D eigenvalue weighted by Crippen LogP contribution is 2.48. The van der Waals surface area contributed by atoms with E-state index in [-0.39, 0.29) is 42.1 Å². The second-order valence-electron chi connectivity index (χ2n) is 7.91. The van der Waals surface area contributed by atoms with E-state index in [9.17, 15) is 13.9 Å². The molecule has 0 aliphatic rings. The van der Waals surface area contributed by atoms with Gasteiger partial charge in [-0.2, -0.15) is 0 Å². The Morgan fingerprint density at radius 3 is 1.28 bits per heavy atom. The van der Waals surface area contributed by atoms with Gasteiger partial charge in [0.1, 0.15) is 19.1 Å². The van der Waals surface area contributed by atoms with Gasteiger partial charge in [-0.25, -0.2) is 0 Å². The molecule has 0 rings (SSSR count). The molecule has 0 spiro atoms. The lowest BCUT2D eigenvalue weighted by molar-refractivity contribution is -0.123. The maximum Gasteiger partial charge on any atom is 0.337 e. The van der Waals surface area contributed by atoms with E-state index in [0.29, 0.717) is 5.71 Å². The Morgan fingerprint density at radius 1 is 0.750 bits per heavy atom. The van der Waals surface area contributed by atoms with Crippen LogP contribution in [0.25, 0.3) is 6.15 Å². The van der Waals surface area contributed by atoms with E-state index >= 15 is 0 Å². The molecule has 198 valence electrons. The maximum atomic E-state index is 11.9. The lowest BCUT2D eigenvalue weighted by Crippen LogP contribution is -2.25. The van der Waals surface area contributed by atoms with Crippen molar-refractivity contribution in [2.24, 2.45) is 16.0 Å². The molecule has 0 saturated carbocycles. The second-order valence-corrected chi connectivity index (χ2v) is 12.4. The van der Waals surface area contributed by atoms with Crippen LogP contribution in [-0.2, 0) is 36.9 Å². The zero-order valence-electron chi connectivity index (χ0n) is 21.5. The van der Waals surface area contributed by atoms with Crippen molar-refractivity contribution in [3.05, 3.63) is 6.15 Å². The summed E-state index contributed by atoms with van der Waals surface area (Å²) < 4.78 is 42.5. The molecule has 0 saturated heterocycles. The SMILES string of the molecule is CO.CO/N=C(\CP(=O)(OC)OC)C(C)(C)C.COP(=O)(CC(=O)C(C)(C)C)OC.Cl.[NH2-]. The van der Waals surface area contributed by atoms with Crippen molar-refractivity contribution >= 4 is 39.1 Å². The molecule has 0 aromatic heterocycles. The highest BCUT2D eigenvalue weighted by atomic mass is 35.5. The highest BCUT2D eigenvalue weighted by Gasteiger charge is 2.32. The van der Waals surface area contributed by atoms with E-state index in [1.807, 2.05) is 20.8 Å². The summed E-state index contributed by atoms with van der Waals surface area (Å²) in [7, 11) is 1.47. The Bertz CT molecular complexity index is 603. The molecule has 32 heavy (non-hydrogen) atoms. The number of nitrogens with zero attached hydrogens (tertiary/aromatic N) is 1. The van der Waals surface area contributed by atoms with Crippen LogP contribution in [0.1, 0.15) is 41.5 Å². The Balaban J connectivity index is -0.000000134. The quantitative estimate of drug-likeness (QED) is 0.235. The van der Waals surface area contributed by atoms with Crippen LogP contribution in [0.4, 0.5) is 0 Å². The number of Topliss-reactive ketones (excluding diaryl/α,β-unsaturated/α-hetero) is 1. The van der Waals surface area contributed by atoms with Crippen LogP contribution < -0.4 is 0 Å². The van der Waals surface area contributed by atoms with Crippen LogP contribution in [0.2, 0.25) is 0 Å². The van der Waals surface area contributed by atoms with Gasteiger partial charge < -0.3 is 34.2 Å². The summed E-state index contributed by atoms with van der Waals surface area (Å²) in [6, 6.07) is 0. The molecule has 0 amide bonds. The first kappa shape index (κ1) is 41.9. The maximum absolute atomic E-state index is 11.9. The lowest BCUT2D eigenvalue weighted by atomic mass is 9.91. The predicted molar refractivity (Wildman–Crippen MR) is 132 cm³/mol. The topological polar surface area (TPSA) is 163 Å². The first-order chi connectivity index (χ1) is 13.5. The van der Waals surface area contributed by atoms with Crippen LogP contribution in [0.5, 0.6) is 0 Å². The molecule has 0 aliphatic heterocycles. The molecular weight excluding hydrogens is 486 g/mol. The summed E-state index contributed by atoms with van der Waals surface area (Å²) in [6.45, 7) is 11.2. The van der Waals surface area contributed by atoms with Crippen LogP contribution in [0.3, 0.4) is 0 Å². The Hall–Kier alpha value is -0.350. The monoisotopic (exact) mass is 529 g/mol. The molecule has 0 bridgehead atoms. The number of halogens is 1. The van der Waals surface area contributed by atoms with Gasteiger partial charge in [0, 0.05) is 46.4 Å². The molecular formula is C18H44ClN2O9P2-. The van der Waals surface area contributed by atoms with Crippen LogP contribution in [0, 0.1) is 10.8 Å². The van der Waals surface area contributed by atoms with Gasteiger partial charge in [-0.1, -0.05) is 46.7 Å². The summed E-state index contributed by atoms with van der Waals surface area (Å²) >= 11 is 0. The van der Waals surface area contributed by atoms with Gasteiger partial charge in [0.15, 0.2) is 0 Å². The summed E-state index contributed by atoms with van der Waals surface area (Å²) in [5, 5.41) is 10.9. The fourth-order valence-electron chi connectivity index (χ4n) is 1.52. The van der Waals surface area contributed by atoms with Crippen LogP contribution in [-0.4, -0.2) is 71.6 Å². The van der Waals surface area contributed by atoms with E-state index in [1.165, 1.54) is 35.5 Å². The lowest BCUT2D eigenvalue weighted by Gasteiger charge is -2.23. The van der Waals surface area contributed by atoms with Gasteiger partial charge in [0.05, 0.1) is 11.9 Å². The number of carbonyl (C=O) groups excluding carboxylic acids is 1. The molecule has 0 aromatic rings. The van der Waals surface area contributed by atoms with Crippen molar-refractivity contribution in [3.63, 3.8) is 0 Å². The molecule has 3 N–H and O–H groups in total. The number of aliphatic hydroxyl groups excluding tert-OH is 1. The Kier molecular flexibility index (Phi) is 24.9. The highest BCUT2D eigenvalue weighted by molar-refractivity contribution is 7.55. The molecule has 0 atom stereocenters. The third-order valence-electron chi connectivity index (χ3n) is 3.70. The molecule has 0 aliphatic carbocycles. The zero-order chi connectivity index (χ0) is 24.8. The summed E-state index contributed by atoms with van der Waals surface area (Å²) in [5.74, 6) is -0.125. The smallest absolute Gasteiger partial charge is 0.337 e. The molecule has 11 nitrogen and oxygen atoms in total. The number of aliphatic hydroxyl groups is 1. The minimum atomic E-state index is -3.18. The molecule has 14 heteroatoms. The zero-order valence-corrected chi connectivity index (χ0v) is 24.1.